The quantitative estimate of drug-likeness (QED) is 0.564. The van der Waals surface area contributed by atoms with Gasteiger partial charge in [0, 0.05) is 18.7 Å². The minimum atomic E-state index is -0.334. The molecular formula is C20H21ClN2O2. The van der Waals surface area contributed by atoms with Gasteiger partial charge in [0.05, 0.1) is 17.3 Å². The number of urea groups is 1. The lowest BCUT2D eigenvalue weighted by atomic mass is 10.1. The lowest BCUT2D eigenvalue weighted by Crippen LogP contribution is -2.28. The highest BCUT2D eigenvalue weighted by atomic mass is 35.5. The van der Waals surface area contributed by atoms with Crippen LogP contribution in [-0.2, 0) is 17.9 Å². The zero-order valence-corrected chi connectivity index (χ0v) is 14.9. The molecule has 0 radical (unpaired) electrons. The zero-order chi connectivity index (χ0) is 18.1. The summed E-state index contributed by atoms with van der Waals surface area (Å²) in [6.07, 6.45) is 6.30. The number of ether oxygens (including phenoxy) is 1. The summed E-state index contributed by atoms with van der Waals surface area (Å²) in [4.78, 5) is 12.1. The van der Waals surface area contributed by atoms with Crippen molar-refractivity contribution in [1.82, 2.24) is 5.32 Å². The van der Waals surface area contributed by atoms with Crippen LogP contribution in [0.4, 0.5) is 10.5 Å². The highest BCUT2D eigenvalue weighted by molar-refractivity contribution is 6.33. The van der Waals surface area contributed by atoms with Gasteiger partial charge < -0.3 is 15.4 Å². The van der Waals surface area contributed by atoms with Crippen LogP contribution in [0.3, 0.4) is 0 Å². The average molecular weight is 357 g/mol. The fourth-order valence-electron chi connectivity index (χ4n) is 2.25. The number of carbonyl (C=O) groups excluding carboxylic acids is 1. The van der Waals surface area contributed by atoms with E-state index in [1.54, 1.807) is 18.2 Å². The molecule has 130 valence electrons. The Hall–Kier alpha value is -2.48. The number of terminal acetylenes is 1. The van der Waals surface area contributed by atoms with E-state index >= 15 is 0 Å². The molecule has 0 saturated carbocycles. The molecule has 2 rings (SSSR count). The number of carbonyl (C=O) groups is 1. The van der Waals surface area contributed by atoms with Crippen molar-refractivity contribution in [2.45, 2.75) is 26.5 Å². The fourth-order valence-corrected chi connectivity index (χ4v) is 2.47. The summed E-state index contributed by atoms with van der Waals surface area (Å²) in [6, 6.07) is 12.6. The average Bonchev–Trinajstić information content (AvgIpc) is 2.62. The van der Waals surface area contributed by atoms with Gasteiger partial charge in [-0.3, -0.25) is 0 Å². The molecule has 0 aliphatic carbocycles. The van der Waals surface area contributed by atoms with Gasteiger partial charge in [-0.25, -0.2) is 4.79 Å². The van der Waals surface area contributed by atoms with E-state index in [0.717, 1.165) is 17.5 Å². The largest absolute Gasteiger partial charge is 0.377 e. The fraction of sp³-hybridized carbons (Fsp3) is 0.250. The molecule has 25 heavy (non-hydrogen) atoms. The Morgan fingerprint density at radius 1 is 1.24 bits per heavy atom. The Kier molecular flexibility index (Phi) is 7.34. The van der Waals surface area contributed by atoms with Crippen molar-refractivity contribution in [3.63, 3.8) is 0 Å². The summed E-state index contributed by atoms with van der Waals surface area (Å²) in [5.41, 5.74) is 3.25. The molecule has 5 heteroatoms. The molecule has 0 unspecified atom stereocenters. The molecule has 2 amide bonds. The van der Waals surface area contributed by atoms with Gasteiger partial charge in [-0.15, -0.1) is 6.42 Å². The van der Waals surface area contributed by atoms with E-state index in [-0.39, 0.29) is 6.03 Å². The molecule has 0 aliphatic rings. The SMILES string of the molecule is C#Cc1ccc(NC(=O)NCc2ccccc2COCCC)c(Cl)c1. The molecule has 0 aromatic heterocycles. The molecule has 0 aliphatic heterocycles. The third kappa shape index (κ3) is 5.82. The number of amides is 2. The van der Waals surface area contributed by atoms with Gasteiger partial charge in [-0.1, -0.05) is 48.7 Å². The normalized spacial score (nSPS) is 10.1. The van der Waals surface area contributed by atoms with Crippen LogP contribution in [0.25, 0.3) is 0 Å². The Labute approximate surface area is 153 Å². The molecule has 2 aromatic carbocycles. The zero-order valence-electron chi connectivity index (χ0n) is 14.1. The maximum atomic E-state index is 12.1. The van der Waals surface area contributed by atoms with Gasteiger partial charge in [-0.2, -0.15) is 0 Å². The second-order valence-corrected chi connectivity index (χ2v) is 5.88. The molecule has 0 bridgehead atoms. The topological polar surface area (TPSA) is 50.4 Å². The van der Waals surface area contributed by atoms with E-state index in [0.29, 0.717) is 36.0 Å². The van der Waals surface area contributed by atoms with Crippen molar-refractivity contribution in [3.05, 3.63) is 64.2 Å². The lowest BCUT2D eigenvalue weighted by Gasteiger charge is -2.12. The minimum absolute atomic E-state index is 0.334. The first-order valence-electron chi connectivity index (χ1n) is 8.09. The van der Waals surface area contributed by atoms with Crippen molar-refractivity contribution in [2.24, 2.45) is 0 Å². The number of halogens is 1. The predicted molar refractivity (Wildman–Crippen MR) is 102 cm³/mol. The summed E-state index contributed by atoms with van der Waals surface area (Å²) < 4.78 is 5.59. The predicted octanol–water partition coefficient (Wildman–Crippen LogP) is 4.57. The molecule has 0 heterocycles. The molecule has 2 aromatic rings. The number of rotatable bonds is 7. The second kappa shape index (κ2) is 9.73. The minimum Gasteiger partial charge on any atom is -0.377 e. The van der Waals surface area contributed by atoms with Crippen LogP contribution in [0.5, 0.6) is 0 Å². The smallest absolute Gasteiger partial charge is 0.319 e. The van der Waals surface area contributed by atoms with Crippen molar-refractivity contribution in [2.75, 3.05) is 11.9 Å². The van der Waals surface area contributed by atoms with Crippen molar-refractivity contribution in [3.8, 4) is 12.3 Å². The van der Waals surface area contributed by atoms with Crippen LogP contribution in [0.1, 0.15) is 30.0 Å². The molecule has 0 atom stereocenters. The van der Waals surface area contributed by atoms with Crippen LogP contribution in [-0.4, -0.2) is 12.6 Å². The van der Waals surface area contributed by atoms with Gasteiger partial charge in [0.15, 0.2) is 0 Å². The van der Waals surface area contributed by atoms with Crippen molar-refractivity contribution >= 4 is 23.3 Å². The molecule has 0 saturated heterocycles. The van der Waals surface area contributed by atoms with Crippen molar-refractivity contribution < 1.29 is 9.53 Å². The molecular weight excluding hydrogens is 336 g/mol. The summed E-state index contributed by atoms with van der Waals surface area (Å²) in [7, 11) is 0. The van der Waals surface area contributed by atoms with Gasteiger partial charge >= 0.3 is 6.03 Å². The molecule has 0 fully saturated rings. The first kappa shape index (κ1) is 18.9. The van der Waals surface area contributed by atoms with Crippen LogP contribution in [0.2, 0.25) is 5.02 Å². The Balaban J connectivity index is 1.93. The van der Waals surface area contributed by atoms with Crippen LogP contribution in [0, 0.1) is 12.3 Å². The highest BCUT2D eigenvalue weighted by Gasteiger charge is 2.08. The first-order valence-corrected chi connectivity index (χ1v) is 8.47. The third-order valence-corrected chi connectivity index (χ3v) is 3.86. The van der Waals surface area contributed by atoms with E-state index in [4.69, 9.17) is 22.8 Å². The van der Waals surface area contributed by atoms with Gasteiger partial charge in [0.25, 0.3) is 0 Å². The van der Waals surface area contributed by atoms with Crippen LogP contribution in [0.15, 0.2) is 42.5 Å². The van der Waals surface area contributed by atoms with Gasteiger partial charge in [-0.05, 0) is 35.7 Å². The van der Waals surface area contributed by atoms with Crippen molar-refractivity contribution in [1.29, 1.82) is 0 Å². The maximum absolute atomic E-state index is 12.1. The standard InChI is InChI=1S/C20H21ClN2O2/c1-3-11-25-14-17-8-6-5-7-16(17)13-22-20(24)23-19-10-9-15(4-2)12-18(19)21/h2,5-10,12H,3,11,13-14H2,1H3,(H2,22,23,24). The summed E-state index contributed by atoms with van der Waals surface area (Å²) in [6.45, 7) is 3.72. The molecule has 0 spiro atoms. The van der Waals surface area contributed by atoms with Crippen LogP contribution >= 0.6 is 11.6 Å². The Bertz CT molecular complexity index is 769. The summed E-state index contributed by atoms with van der Waals surface area (Å²) in [5, 5.41) is 5.95. The van der Waals surface area contributed by atoms with E-state index in [9.17, 15) is 4.79 Å². The summed E-state index contributed by atoms with van der Waals surface area (Å²) in [5.74, 6) is 2.50. The molecule has 2 N–H and O–H groups in total. The van der Waals surface area contributed by atoms with E-state index in [2.05, 4.69) is 23.5 Å². The van der Waals surface area contributed by atoms with Gasteiger partial charge in [0.1, 0.15) is 0 Å². The number of nitrogens with one attached hydrogen (secondary N) is 2. The molecule has 4 nitrogen and oxygen atoms in total. The Morgan fingerprint density at radius 3 is 2.68 bits per heavy atom. The lowest BCUT2D eigenvalue weighted by molar-refractivity contribution is 0.121. The number of hydrogen-bond donors (Lipinski definition) is 2. The van der Waals surface area contributed by atoms with E-state index in [1.165, 1.54) is 0 Å². The first-order chi connectivity index (χ1) is 12.1. The van der Waals surface area contributed by atoms with E-state index in [1.807, 2.05) is 24.3 Å². The Morgan fingerprint density at radius 2 is 2.00 bits per heavy atom. The number of benzene rings is 2. The second-order valence-electron chi connectivity index (χ2n) is 5.47. The highest BCUT2D eigenvalue weighted by Crippen LogP contribution is 2.22. The van der Waals surface area contributed by atoms with E-state index < -0.39 is 0 Å². The summed E-state index contributed by atoms with van der Waals surface area (Å²) >= 11 is 6.11. The number of anilines is 1. The van der Waals surface area contributed by atoms with Gasteiger partial charge in [0.2, 0.25) is 0 Å². The third-order valence-electron chi connectivity index (χ3n) is 3.55. The monoisotopic (exact) mass is 356 g/mol. The van der Waals surface area contributed by atoms with Crippen LogP contribution < -0.4 is 10.6 Å². The maximum Gasteiger partial charge on any atom is 0.319 e. The number of hydrogen-bond acceptors (Lipinski definition) is 2.